The summed E-state index contributed by atoms with van der Waals surface area (Å²) in [6, 6.07) is 16.8. The Kier molecular flexibility index (Phi) is 5.48. The van der Waals surface area contributed by atoms with Gasteiger partial charge in [0, 0.05) is 38.4 Å². The maximum absolute atomic E-state index is 4.69. The molecule has 4 rings (SSSR count). The van der Waals surface area contributed by atoms with Crippen molar-refractivity contribution in [2.45, 2.75) is 20.4 Å². The number of benzene rings is 2. The molecule has 0 spiro atoms. The van der Waals surface area contributed by atoms with Crippen molar-refractivity contribution in [1.82, 2.24) is 20.1 Å². The third-order valence-corrected chi connectivity index (χ3v) is 5.34. The van der Waals surface area contributed by atoms with Crippen molar-refractivity contribution in [2.75, 3.05) is 36.4 Å². The van der Waals surface area contributed by atoms with Gasteiger partial charge in [0.1, 0.15) is 0 Å². The second-order valence-corrected chi connectivity index (χ2v) is 7.26. The zero-order chi connectivity index (χ0) is 19.3. The first-order valence-electron chi connectivity index (χ1n) is 9.73. The van der Waals surface area contributed by atoms with E-state index in [0.29, 0.717) is 5.95 Å². The first-order valence-corrected chi connectivity index (χ1v) is 9.73. The lowest BCUT2D eigenvalue weighted by molar-refractivity contribution is 0.249. The van der Waals surface area contributed by atoms with E-state index in [1.165, 1.54) is 16.7 Å². The summed E-state index contributed by atoms with van der Waals surface area (Å²) >= 11 is 0. The standard InChI is InChI=1S/C22H26N6/c1-17-7-6-10-20(18(17)2)24-22-25-21(15-23-26-22)28-13-11-27(12-14-28)16-19-8-4-3-5-9-19/h3-10,15H,11-14,16H2,1-2H3,(H,24,25,26). The molecule has 144 valence electrons. The highest BCUT2D eigenvalue weighted by Crippen LogP contribution is 2.22. The molecule has 0 bridgehead atoms. The van der Waals surface area contributed by atoms with Crippen LogP contribution in [0.4, 0.5) is 17.5 Å². The Morgan fingerprint density at radius 1 is 0.929 bits per heavy atom. The van der Waals surface area contributed by atoms with E-state index in [9.17, 15) is 0 Å². The van der Waals surface area contributed by atoms with E-state index in [1.54, 1.807) is 6.20 Å². The van der Waals surface area contributed by atoms with Crippen molar-refractivity contribution >= 4 is 17.5 Å². The third-order valence-electron chi connectivity index (χ3n) is 5.34. The molecule has 1 aliphatic rings. The van der Waals surface area contributed by atoms with Gasteiger partial charge in [-0.15, -0.1) is 5.10 Å². The summed E-state index contributed by atoms with van der Waals surface area (Å²) in [5, 5.41) is 11.6. The molecule has 0 amide bonds. The summed E-state index contributed by atoms with van der Waals surface area (Å²) in [5.74, 6) is 1.42. The summed E-state index contributed by atoms with van der Waals surface area (Å²) in [7, 11) is 0. The number of piperazine rings is 1. The largest absolute Gasteiger partial charge is 0.353 e. The maximum atomic E-state index is 4.69. The Hall–Kier alpha value is -2.99. The minimum atomic E-state index is 0.540. The Morgan fingerprint density at radius 3 is 2.50 bits per heavy atom. The average Bonchev–Trinajstić information content (AvgIpc) is 2.73. The second kappa shape index (κ2) is 8.35. The van der Waals surface area contributed by atoms with Crippen LogP contribution in [0.25, 0.3) is 0 Å². The number of hydrogen-bond donors (Lipinski definition) is 1. The predicted octanol–water partition coefficient (Wildman–Crippen LogP) is 3.55. The Labute approximate surface area is 166 Å². The van der Waals surface area contributed by atoms with Crippen LogP contribution in [0.5, 0.6) is 0 Å². The molecule has 3 aromatic rings. The van der Waals surface area contributed by atoms with Crippen molar-refractivity contribution in [3.63, 3.8) is 0 Å². The summed E-state index contributed by atoms with van der Waals surface area (Å²) in [4.78, 5) is 9.46. The summed E-state index contributed by atoms with van der Waals surface area (Å²) < 4.78 is 0. The lowest BCUT2D eigenvalue weighted by atomic mass is 10.1. The molecule has 1 saturated heterocycles. The smallest absolute Gasteiger partial charge is 0.249 e. The maximum Gasteiger partial charge on any atom is 0.249 e. The zero-order valence-corrected chi connectivity index (χ0v) is 16.5. The highest BCUT2D eigenvalue weighted by molar-refractivity contribution is 5.60. The van der Waals surface area contributed by atoms with Gasteiger partial charge in [-0.1, -0.05) is 42.5 Å². The summed E-state index contributed by atoms with van der Waals surface area (Å²) in [6.45, 7) is 9.10. The lowest BCUT2D eigenvalue weighted by Gasteiger charge is -2.35. The fraction of sp³-hybridized carbons (Fsp3) is 0.318. The van der Waals surface area contributed by atoms with E-state index in [1.807, 2.05) is 12.1 Å². The third kappa shape index (κ3) is 4.28. The van der Waals surface area contributed by atoms with Crippen LogP contribution >= 0.6 is 0 Å². The highest BCUT2D eigenvalue weighted by Gasteiger charge is 2.19. The van der Waals surface area contributed by atoms with Crippen LogP contribution in [0.15, 0.2) is 54.7 Å². The molecule has 28 heavy (non-hydrogen) atoms. The van der Waals surface area contributed by atoms with Gasteiger partial charge in [0.25, 0.3) is 0 Å². The average molecular weight is 374 g/mol. The SMILES string of the molecule is Cc1cccc(Nc2nncc(N3CCN(Cc4ccccc4)CC3)n2)c1C. The van der Waals surface area contributed by atoms with Gasteiger partial charge in [0.05, 0.1) is 6.20 Å². The number of anilines is 3. The van der Waals surface area contributed by atoms with Crippen molar-refractivity contribution < 1.29 is 0 Å². The quantitative estimate of drug-likeness (QED) is 0.737. The minimum absolute atomic E-state index is 0.540. The molecule has 6 heteroatoms. The first kappa shape index (κ1) is 18.4. The Balaban J connectivity index is 1.39. The van der Waals surface area contributed by atoms with Gasteiger partial charge in [-0.25, -0.2) is 0 Å². The number of aryl methyl sites for hydroxylation is 1. The number of nitrogens with one attached hydrogen (secondary N) is 1. The normalized spacial score (nSPS) is 14.9. The van der Waals surface area contributed by atoms with Gasteiger partial charge in [-0.2, -0.15) is 10.1 Å². The molecular weight excluding hydrogens is 348 g/mol. The number of hydrogen-bond acceptors (Lipinski definition) is 6. The predicted molar refractivity (Wildman–Crippen MR) is 113 cm³/mol. The summed E-state index contributed by atoms with van der Waals surface area (Å²) in [5.41, 5.74) is 4.82. The van der Waals surface area contributed by atoms with E-state index in [2.05, 4.69) is 75.6 Å². The van der Waals surface area contributed by atoms with Crippen LogP contribution in [0, 0.1) is 13.8 Å². The van der Waals surface area contributed by atoms with Crippen molar-refractivity contribution in [3.05, 3.63) is 71.4 Å². The molecule has 0 unspecified atom stereocenters. The van der Waals surface area contributed by atoms with E-state index in [0.717, 1.165) is 44.2 Å². The van der Waals surface area contributed by atoms with Crippen LogP contribution in [0.3, 0.4) is 0 Å². The van der Waals surface area contributed by atoms with Gasteiger partial charge in [-0.3, -0.25) is 4.90 Å². The van der Waals surface area contributed by atoms with E-state index in [4.69, 9.17) is 4.98 Å². The van der Waals surface area contributed by atoms with Crippen LogP contribution in [0.2, 0.25) is 0 Å². The van der Waals surface area contributed by atoms with E-state index in [-0.39, 0.29) is 0 Å². The molecule has 1 aromatic heterocycles. The first-order chi connectivity index (χ1) is 13.7. The summed E-state index contributed by atoms with van der Waals surface area (Å²) in [6.07, 6.45) is 1.75. The highest BCUT2D eigenvalue weighted by atomic mass is 15.3. The van der Waals surface area contributed by atoms with Gasteiger partial charge in [0.2, 0.25) is 5.95 Å². The van der Waals surface area contributed by atoms with Crippen LogP contribution in [0.1, 0.15) is 16.7 Å². The lowest BCUT2D eigenvalue weighted by Crippen LogP contribution is -2.46. The number of nitrogens with zero attached hydrogens (tertiary/aromatic N) is 5. The van der Waals surface area contributed by atoms with Crippen molar-refractivity contribution in [1.29, 1.82) is 0 Å². The van der Waals surface area contributed by atoms with Gasteiger partial charge in [-0.05, 0) is 36.6 Å². The topological polar surface area (TPSA) is 57.2 Å². The molecule has 1 fully saturated rings. The molecule has 0 aliphatic carbocycles. The molecule has 1 aliphatic heterocycles. The molecular formula is C22H26N6. The van der Waals surface area contributed by atoms with Gasteiger partial charge >= 0.3 is 0 Å². The Bertz CT molecular complexity index is 919. The fourth-order valence-corrected chi connectivity index (χ4v) is 3.48. The van der Waals surface area contributed by atoms with Crippen molar-refractivity contribution in [2.24, 2.45) is 0 Å². The van der Waals surface area contributed by atoms with Crippen molar-refractivity contribution in [3.8, 4) is 0 Å². The molecule has 2 aromatic carbocycles. The monoisotopic (exact) mass is 374 g/mol. The van der Waals surface area contributed by atoms with Crippen LogP contribution in [-0.4, -0.2) is 46.3 Å². The molecule has 0 atom stereocenters. The zero-order valence-electron chi connectivity index (χ0n) is 16.5. The Morgan fingerprint density at radius 2 is 1.71 bits per heavy atom. The van der Waals surface area contributed by atoms with Gasteiger partial charge < -0.3 is 10.2 Å². The van der Waals surface area contributed by atoms with E-state index >= 15 is 0 Å². The van der Waals surface area contributed by atoms with Crippen LogP contribution < -0.4 is 10.2 Å². The molecule has 0 radical (unpaired) electrons. The molecule has 2 heterocycles. The number of rotatable bonds is 5. The molecule has 1 N–H and O–H groups in total. The fourth-order valence-electron chi connectivity index (χ4n) is 3.48. The van der Waals surface area contributed by atoms with Gasteiger partial charge in [0.15, 0.2) is 5.82 Å². The minimum Gasteiger partial charge on any atom is -0.353 e. The van der Waals surface area contributed by atoms with E-state index < -0.39 is 0 Å². The van der Waals surface area contributed by atoms with Crippen LogP contribution in [-0.2, 0) is 6.54 Å². The second-order valence-electron chi connectivity index (χ2n) is 7.26. The molecule has 6 nitrogen and oxygen atoms in total. The number of aromatic nitrogens is 3. The molecule has 0 saturated carbocycles.